The Bertz CT molecular complexity index is 991. The van der Waals surface area contributed by atoms with Crippen molar-refractivity contribution in [1.82, 2.24) is 10.2 Å². The molecule has 1 atom stereocenters. The van der Waals surface area contributed by atoms with Crippen LogP contribution < -0.4 is 14.8 Å². The highest BCUT2D eigenvalue weighted by Gasteiger charge is 2.32. The van der Waals surface area contributed by atoms with E-state index in [9.17, 15) is 9.59 Å². The summed E-state index contributed by atoms with van der Waals surface area (Å²) in [4.78, 5) is 28.2. The van der Waals surface area contributed by atoms with Crippen molar-refractivity contribution in [3.8, 4) is 11.5 Å². The third kappa shape index (κ3) is 7.28. The molecule has 0 saturated heterocycles. The van der Waals surface area contributed by atoms with Gasteiger partial charge in [0.25, 0.3) is 0 Å². The molecular weight excluding hydrogens is 487 g/mol. The van der Waals surface area contributed by atoms with Crippen LogP contribution in [0.4, 0.5) is 0 Å². The van der Waals surface area contributed by atoms with Gasteiger partial charge in [-0.3, -0.25) is 9.59 Å². The summed E-state index contributed by atoms with van der Waals surface area (Å²) in [5, 5.41) is 3.76. The van der Waals surface area contributed by atoms with E-state index in [1.54, 1.807) is 43.4 Å². The van der Waals surface area contributed by atoms with Crippen molar-refractivity contribution in [3.63, 3.8) is 0 Å². The van der Waals surface area contributed by atoms with Crippen molar-refractivity contribution in [2.75, 3.05) is 26.6 Å². The van der Waals surface area contributed by atoms with Crippen molar-refractivity contribution in [2.24, 2.45) is 5.92 Å². The lowest BCUT2D eigenvalue weighted by atomic mass is 9.87. The highest BCUT2D eigenvalue weighted by Crippen LogP contribution is 2.30. The first-order valence-electron chi connectivity index (χ1n) is 12.0. The van der Waals surface area contributed by atoms with Crippen molar-refractivity contribution < 1.29 is 19.1 Å². The molecule has 1 N–H and O–H groups in total. The van der Waals surface area contributed by atoms with E-state index in [1.807, 2.05) is 18.2 Å². The predicted octanol–water partition coefficient (Wildman–Crippen LogP) is 5.40. The van der Waals surface area contributed by atoms with Gasteiger partial charge in [0.2, 0.25) is 11.8 Å². The number of hydrogen-bond acceptors (Lipinski definition) is 4. The lowest BCUT2D eigenvalue weighted by molar-refractivity contribution is -0.139. The molecule has 0 aromatic heterocycles. The van der Waals surface area contributed by atoms with Crippen molar-refractivity contribution in [1.29, 1.82) is 0 Å². The second-order valence-electron chi connectivity index (χ2n) is 9.08. The van der Waals surface area contributed by atoms with E-state index in [4.69, 9.17) is 32.7 Å². The molecular formula is C27H34Cl2N2O4. The maximum atomic E-state index is 13.6. The summed E-state index contributed by atoms with van der Waals surface area (Å²) in [6, 6.07) is 12.0. The molecule has 0 radical (unpaired) electrons. The Hall–Kier alpha value is -2.44. The maximum absolute atomic E-state index is 13.6. The van der Waals surface area contributed by atoms with Gasteiger partial charge in [0.05, 0.1) is 14.2 Å². The molecule has 6 nitrogen and oxygen atoms in total. The Kier molecular flexibility index (Phi) is 10.1. The lowest BCUT2D eigenvalue weighted by Crippen LogP contribution is -2.48. The zero-order chi connectivity index (χ0) is 25.4. The molecule has 190 valence electrons. The quantitative estimate of drug-likeness (QED) is 0.425. The summed E-state index contributed by atoms with van der Waals surface area (Å²) >= 11 is 12.1. The Labute approximate surface area is 217 Å². The number of alkyl halides is 1. The number of nitrogens with one attached hydrogen (secondary N) is 1. The average molecular weight is 521 g/mol. The molecule has 0 heterocycles. The monoisotopic (exact) mass is 520 g/mol. The molecule has 0 bridgehead atoms. The number of ether oxygens (including phenoxy) is 2. The summed E-state index contributed by atoms with van der Waals surface area (Å²) in [5.41, 5.74) is 1.65. The van der Waals surface area contributed by atoms with Gasteiger partial charge in [-0.15, -0.1) is 11.6 Å². The molecule has 1 fully saturated rings. The minimum atomic E-state index is -0.807. The van der Waals surface area contributed by atoms with Crippen molar-refractivity contribution >= 4 is 35.0 Å². The van der Waals surface area contributed by atoms with Crippen LogP contribution in [0, 0.1) is 5.92 Å². The van der Waals surface area contributed by atoms with Gasteiger partial charge in [0, 0.05) is 17.6 Å². The number of carbonyl (C=O) groups is 2. The van der Waals surface area contributed by atoms with Crippen molar-refractivity contribution in [3.05, 3.63) is 58.6 Å². The first-order chi connectivity index (χ1) is 16.9. The first kappa shape index (κ1) is 27.2. The van der Waals surface area contributed by atoms with Gasteiger partial charge >= 0.3 is 0 Å². The standard InChI is InChI=1S/C27H34Cl2N2O4/c1-18-4-11-22(12-5-18)30-27(33)26(20-7-9-21(29)10-8-20)31(25(32)17-28)15-14-19-6-13-23(34-2)24(16-19)35-3/h6-10,13,16,18,22,26H,4-5,11-12,14-15,17H2,1-3H3,(H,30,33)/t18?,22?,26-/m0/s1. The molecule has 2 aromatic rings. The van der Waals surface area contributed by atoms with Gasteiger partial charge in [-0.25, -0.2) is 0 Å². The molecule has 0 unspecified atom stereocenters. The van der Waals surface area contributed by atoms with Crippen molar-refractivity contribution in [2.45, 2.75) is 51.1 Å². The Morgan fingerprint density at radius 1 is 1.03 bits per heavy atom. The zero-order valence-corrected chi connectivity index (χ0v) is 22.1. The summed E-state index contributed by atoms with van der Waals surface area (Å²) in [6.07, 6.45) is 4.56. The molecule has 8 heteroatoms. The van der Waals surface area contributed by atoms with Crippen LogP contribution in [0.2, 0.25) is 5.02 Å². The van der Waals surface area contributed by atoms with Gasteiger partial charge in [-0.1, -0.05) is 36.7 Å². The number of methoxy groups -OCH3 is 2. The van der Waals surface area contributed by atoms with Crippen LogP contribution in [0.5, 0.6) is 11.5 Å². The number of nitrogens with zero attached hydrogens (tertiary/aromatic N) is 1. The Balaban J connectivity index is 1.86. The number of halogens is 2. The summed E-state index contributed by atoms with van der Waals surface area (Å²) in [5.74, 6) is 1.19. The highest BCUT2D eigenvalue weighted by molar-refractivity contribution is 6.30. The lowest BCUT2D eigenvalue weighted by Gasteiger charge is -2.34. The third-order valence-electron chi connectivity index (χ3n) is 6.63. The van der Waals surface area contributed by atoms with Gasteiger partial charge < -0.3 is 19.7 Å². The zero-order valence-electron chi connectivity index (χ0n) is 20.6. The fourth-order valence-electron chi connectivity index (χ4n) is 4.56. The van der Waals surface area contributed by atoms with E-state index in [0.717, 1.165) is 31.2 Å². The molecule has 35 heavy (non-hydrogen) atoms. The number of benzene rings is 2. The third-order valence-corrected chi connectivity index (χ3v) is 7.11. The Morgan fingerprint density at radius 2 is 1.69 bits per heavy atom. The predicted molar refractivity (Wildman–Crippen MR) is 139 cm³/mol. The summed E-state index contributed by atoms with van der Waals surface area (Å²) in [7, 11) is 3.17. The minimum absolute atomic E-state index is 0.104. The van der Waals surface area contributed by atoms with Crippen LogP contribution in [0.25, 0.3) is 0 Å². The first-order valence-corrected chi connectivity index (χ1v) is 12.9. The fourth-order valence-corrected chi connectivity index (χ4v) is 4.84. The van der Waals surface area contributed by atoms with E-state index in [0.29, 0.717) is 41.0 Å². The van der Waals surface area contributed by atoms with Crippen LogP contribution >= 0.6 is 23.2 Å². The van der Waals surface area contributed by atoms with Gasteiger partial charge in [0.1, 0.15) is 11.9 Å². The van der Waals surface area contributed by atoms with Crippen LogP contribution in [-0.4, -0.2) is 49.4 Å². The molecule has 1 aliphatic carbocycles. The van der Waals surface area contributed by atoms with E-state index in [1.165, 1.54) is 0 Å². The molecule has 2 amide bonds. The fraction of sp³-hybridized carbons (Fsp3) is 0.481. The molecule has 2 aromatic carbocycles. The van der Waals surface area contributed by atoms with E-state index >= 15 is 0 Å². The molecule has 0 aliphatic heterocycles. The van der Waals surface area contributed by atoms with Crippen LogP contribution in [0.1, 0.15) is 49.8 Å². The molecule has 1 aliphatic rings. The largest absolute Gasteiger partial charge is 0.493 e. The van der Waals surface area contributed by atoms with E-state index in [-0.39, 0.29) is 23.7 Å². The van der Waals surface area contributed by atoms with Crippen LogP contribution in [0.15, 0.2) is 42.5 Å². The number of carbonyl (C=O) groups excluding carboxylic acids is 2. The van der Waals surface area contributed by atoms with Gasteiger partial charge in [-0.05, 0) is 73.4 Å². The van der Waals surface area contributed by atoms with Crippen LogP contribution in [-0.2, 0) is 16.0 Å². The number of rotatable bonds is 10. The molecule has 0 spiro atoms. The smallest absolute Gasteiger partial charge is 0.247 e. The van der Waals surface area contributed by atoms with Gasteiger partial charge in [-0.2, -0.15) is 0 Å². The second kappa shape index (κ2) is 13.0. The molecule has 1 saturated carbocycles. The normalized spacial score (nSPS) is 18.4. The van der Waals surface area contributed by atoms with Crippen LogP contribution in [0.3, 0.4) is 0 Å². The van der Waals surface area contributed by atoms with E-state index in [2.05, 4.69) is 12.2 Å². The highest BCUT2D eigenvalue weighted by atomic mass is 35.5. The minimum Gasteiger partial charge on any atom is -0.493 e. The number of amides is 2. The summed E-state index contributed by atoms with van der Waals surface area (Å²) < 4.78 is 10.7. The topological polar surface area (TPSA) is 67.9 Å². The molecule has 3 rings (SSSR count). The van der Waals surface area contributed by atoms with Gasteiger partial charge in [0.15, 0.2) is 11.5 Å². The van der Waals surface area contributed by atoms with E-state index < -0.39 is 6.04 Å². The Morgan fingerprint density at radius 3 is 2.29 bits per heavy atom. The second-order valence-corrected chi connectivity index (χ2v) is 9.78. The maximum Gasteiger partial charge on any atom is 0.247 e. The summed E-state index contributed by atoms with van der Waals surface area (Å²) in [6.45, 7) is 2.55. The number of hydrogen-bond donors (Lipinski definition) is 1. The SMILES string of the molecule is COc1ccc(CCN(C(=O)CCl)[C@H](C(=O)NC2CCC(C)CC2)c2ccc(Cl)cc2)cc1OC. The average Bonchev–Trinajstić information content (AvgIpc) is 2.87.